The molecule has 0 saturated carbocycles. The lowest BCUT2D eigenvalue weighted by Gasteiger charge is -2.19. The largest absolute Gasteiger partial charge is 0.371 e. The van der Waals surface area contributed by atoms with Crippen LogP contribution in [0.1, 0.15) is 46.0 Å². The molecule has 0 aromatic carbocycles. The fraction of sp³-hybridized carbons (Fsp3) is 0.846. The Hall–Kier alpha value is -0.520. The fourth-order valence-electron chi connectivity index (χ4n) is 1.96. The molecule has 0 aromatic rings. The second-order valence-electron chi connectivity index (χ2n) is 4.90. The Morgan fingerprint density at radius 3 is 2.87 bits per heavy atom. The molecule has 0 spiro atoms. The number of hydrogen-bond acceptors (Lipinski definition) is 2. The highest BCUT2D eigenvalue weighted by molar-refractivity contribution is 4.83. The van der Waals surface area contributed by atoms with Crippen molar-refractivity contribution in [1.29, 1.82) is 0 Å². The third-order valence-corrected chi connectivity index (χ3v) is 2.85. The van der Waals surface area contributed by atoms with E-state index < -0.39 is 0 Å². The average molecular weight is 209 g/mol. The number of ether oxygens (including phenoxy) is 1. The molecule has 1 fully saturated rings. The van der Waals surface area contributed by atoms with Crippen molar-refractivity contribution >= 4 is 0 Å². The molecule has 1 N–H and O–H groups in total. The van der Waals surface area contributed by atoms with Crippen LogP contribution in [-0.2, 0) is 4.74 Å². The first-order valence-corrected chi connectivity index (χ1v) is 5.96. The van der Waals surface area contributed by atoms with Gasteiger partial charge in [0, 0.05) is 13.0 Å². The van der Waals surface area contributed by atoms with Crippen molar-refractivity contribution in [3.8, 4) is 12.3 Å². The number of rotatable bonds is 6. The molecule has 1 unspecified atom stereocenters. The molecule has 2 heteroatoms. The molecule has 1 rings (SSSR count). The Morgan fingerprint density at radius 2 is 2.27 bits per heavy atom. The minimum absolute atomic E-state index is 0.0931. The van der Waals surface area contributed by atoms with E-state index >= 15 is 0 Å². The molecular formula is C13H23NO. The minimum atomic E-state index is 0.0931. The second-order valence-corrected chi connectivity index (χ2v) is 4.90. The zero-order valence-corrected chi connectivity index (χ0v) is 10.0. The molecule has 0 amide bonds. The van der Waals surface area contributed by atoms with Gasteiger partial charge in [0.05, 0.1) is 11.7 Å². The third-order valence-electron chi connectivity index (χ3n) is 2.85. The van der Waals surface area contributed by atoms with E-state index in [-0.39, 0.29) is 5.60 Å². The van der Waals surface area contributed by atoms with Crippen LogP contribution in [0.5, 0.6) is 0 Å². The molecular weight excluding hydrogens is 186 g/mol. The van der Waals surface area contributed by atoms with Crippen LogP contribution in [0.3, 0.4) is 0 Å². The maximum atomic E-state index is 5.88. The van der Waals surface area contributed by atoms with E-state index in [4.69, 9.17) is 11.2 Å². The van der Waals surface area contributed by atoms with Crippen LogP contribution in [0.2, 0.25) is 0 Å². The highest BCUT2D eigenvalue weighted by Gasteiger charge is 2.30. The average Bonchev–Trinajstić information content (AvgIpc) is 2.52. The predicted octanol–water partition coefficient (Wildman–Crippen LogP) is 2.34. The van der Waals surface area contributed by atoms with E-state index in [1.54, 1.807) is 0 Å². The third kappa shape index (κ3) is 5.20. The van der Waals surface area contributed by atoms with Crippen molar-refractivity contribution in [2.24, 2.45) is 0 Å². The first kappa shape index (κ1) is 12.5. The van der Waals surface area contributed by atoms with E-state index in [0.717, 1.165) is 25.9 Å². The number of terminal acetylenes is 1. The van der Waals surface area contributed by atoms with Crippen molar-refractivity contribution in [3.05, 3.63) is 0 Å². The lowest BCUT2D eigenvalue weighted by atomic mass is 10.1. The van der Waals surface area contributed by atoms with Crippen LogP contribution in [0, 0.1) is 12.3 Å². The zero-order chi connectivity index (χ0) is 11.1. The van der Waals surface area contributed by atoms with Crippen molar-refractivity contribution < 1.29 is 4.74 Å². The molecule has 1 atom stereocenters. The summed E-state index contributed by atoms with van der Waals surface area (Å²) in [6, 6.07) is 0. The van der Waals surface area contributed by atoms with E-state index in [1.165, 1.54) is 19.3 Å². The monoisotopic (exact) mass is 209 g/mol. The van der Waals surface area contributed by atoms with E-state index in [0.29, 0.717) is 6.10 Å². The standard InChI is InChI=1S/C13H23NO/c1-4-5-6-7-10-14-11-12-8-9-13(2,3)15-12/h1,12,14H,5-11H2,2-3H3. The highest BCUT2D eigenvalue weighted by Crippen LogP contribution is 2.28. The van der Waals surface area contributed by atoms with E-state index in [2.05, 4.69) is 25.1 Å². The summed E-state index contributed by atoms with van der Waals surface area (Å²) in [5.74, 6) is 2.66. The summed E-state index contributed by atoms with van der Waals surface area (Å²) in [5.41, 5.74) is 0.0931. The molecule has 2 nitrogen and oxygen atoms in total. The van der Waals surface area contributed by atoms with Gasteiger partial charge in [0.15, 0.2) is 0 Å². The normalized spacial score (nSPS) is 23.9. The lowest BCUT2D eigenvalue weighted by Crippen LogP contribution is -2.29. The number of hydrogen-bond donors (Lipinski definition) is 1. The molecule has 1 aliphatic heterocycles. The molecule has 0 aliphatic carbocycles. The lowest BCUT2D eigenvalue weighted by molar-refractivity contribution is -0.0141. The number of unbranched alkanes of at least 4 members (excludes halogenated alkanes) is 2. The minimum Gasteiger partial charge on any atom is -0.371 e. The SMILES string of the molecule is C#CCCCCNCC1CCC(C)(C)O1. The van der Waals surface area contributed by atoms with Gasteiger partial charge in [0.1, 0.15) is 0 Å². The fourth-order valence-corrected chi connectivity index (χ4v) is 1.96. The molecule has 0 bridgehead atoms. The van der Waals surface area contributed by atoms with Gasteiger partial charge in [-0.15, -0.1) is 12.3 Å². The van der Waals surface area contributed by atoms with Crippen LogP contribution >= 0.6 is 0 Å². The van der Waals surface area contributed by atoms with Gasteiger partial charge in [-0.2, -0.15) is 0 Å². The van der Waals surface area contributed by atoms with Crippen LogP contribution in [0.25, 0.3) is 0 Å². The first-order valence-electron chi connectivity index (χ1n) is 5.96. The Balaban J connectivity index is 1.95. The number of nitrogens with one attached hydrogen (secondary N) is 1. The summed E-state index contributed by atoms with van der Waals surface area (Å²) in [5, 5.41) is 3.43. The maximum absolute atomic E-state index is 5.88. The maximum Gasteiger partial charge on any atom is 0.0707 e. The van der Waals surface area contributed by atoms with E-state index in [1.807, 2.05) is 0 Å². The van der Waals surface area contributed by atoms with Gasteiger partial charge in [-0.3, -0.25) is 0 Å². The van der Waals surface area contributed by atoms with Crippen LogP contribution in [0.4, 0.5) is 0 Å². The quantitative estimate of drug-likeness (QED) is 0.535. The van der Waals surface area contributed by atoms with Crippen LogP contribution < -0.4 is 5.32 Å². The summed E-state index contributed by atoms with van der Waals surface area (Å²) in [4.78, 5) is 0. The molecule has 0 aromatic heterocycles. The van der Waals surface area contributed by atoms with Gasteiger partial charge in [-0.1, -0.05) is 0 Å². The molecule has 1 aliphatic rings. The summed E-state index contributed by atoms with van der Waals surface area (Å²) in [7, 11) is 0. The topological polar surface area (TPSA) is 21.3 Å². The predicted molar refractivity (Wildman–Crippen MR) is 63.7 cm³/mol. The summed E-state index contributed by atoms with van der Waals surface area (Å²) in [6.45, 7) is 6.38. The van der Waals surface area contributed by atoms with Crippen molar-refractivity contribution in [2.75, 3.05) is 13.1 Å². The van der Waals surface area contributed by atoms with Crippen molar-refractivity contribution in [2.45, 2.75) is 57.7 Å². The molecule has 15 heavy (non-hydrogen) atoms. The van der Waals surface area contributed by atoms with Crippen LogP contribution in [-0.4, -0.2) is 24.8 Å². The smallest absolute Gasteiger partial charge is 0.0707 e. The van der Waals surface area contributed by atoms with Gasteiger partial charge < -0.3 is 10.1 Å². The van der Waals surface area contributed by atoms with Gasteiger partial charge >= 0.3 is 0 Å². The van der Waals surface area contributed by atoms with Gasteiger partial charge in [0.2, 0.25) is 0 Å². The van der Waals surface area contributed by atoms with E-state index in [9.17, 15) is 0 Å². The second kappa shape index (κ2) is 6.15. The van der Waals surface area contributed by atoms with Gasteiger partial charge in [-0.25, -0.2) is 0 Å². The van der Waals surface area contributed by atoms with Crippen molar-refractivity contribution in [3.63, 3.8) is 0 Å². The van der Waals surface area contributed by atoms with Gasteiger partial charge in [0.25, 0.3) is 0 Å². The molecule has 1 heterocycles. The molecule has 86 valence electrons. The first-order chi connectivity index (χ1) is 7.14. The zero-order valence-electron chi connectivity index (χ0n) is 10.0. The Bertz CT molecular complexity index is 217. The highest BCUT2D eigenvalue weighted by atomic mass is 16.5. The molecule has 0 radical (unpaired) electrons. The van der Waals surface area contributed by atoms with Crippen LogP contribution in [0.15, 0.2) is 0 Å². The van der Waals surface area contributed by atoms with Crippen molar-refractivity contribution in [1.82, 2.24) is 5.32 Å². The molecule has 1 saturated heterocycles. The Kier molecular flexibility index (Phi) is 5.14. The van der Waals surface area contributed by atoms with Gasteiger partial charge in [-0.05, 0) is 46.1 Å². The summed E-state index contributed by atoms with van der Waals surface area (Å²) >= 11 is 0. The summed E-state index contributed by atoms with van der Waals surface area (Å²) in [6.07, 6.45) is 11.1. The Labute approximate surface area is 93.8 Å². The summed E-state index contributed by atoms with van der Waals surface area (Å²) < 4.78 is 5.88. The Morgan fingerprint density at radius 1 is 1.47 bits per heavy atom.